The lowest BCUT2D eigenvalue weighted by molar-refractivity contribution is 0.122. The molecular weight excluding hydrogens is 386 g/mol. The standard InChI is InChI=1S/C20H25N7O3/c1-26(2)7-12-30-20(28)22-15-5-3-14(4-6-15)17-23-18-16(13-21-25-18)19(24-17)27-8-10-29-11-9-27/h3-6,13H,7-12H2,1-2H3,(H,22,28)(H,21,23,24,25). The maximum Gasteiger partial charge on any atom is 0.411 e. The summed E-state index contributed by atoms with van der Waals surface area (Å²) in [5, 5.41) is 10.7. The summed E-state index contributed by atoms with van der Waals surface area (Å²) in [6.45, 7) is 3.89. The van der Waals surface area contributed by atoms with Crippen molar-refractivity contribution in [2.24, 2.45) is 0 Å². The number of likely N-dealkylation sites (N-methyl/N-ethyl adjacent to an activating group) is 1. The van der Waals surface area contributed by atoms with Crippen LogP contribution in [-0.2, 0) is 9.47 Å². The molecule has 1 aromatic carbocycles. The second-order valence-electron chi connectivity index (χ2n) is 7.24. The lowest BCUT2D eigenvalue weighted by Gasteiger charge is -2.28. The van der Waals surface area contributed by atoms with E-state index in [0.717, 1.165) is 29.9 Å². The number of H-pyrrole nitrogens is 1. The SMILES string of the molecule is CN(C)CCOC(=O)Nc1ccc(-c2nc(N3CCOCC3)c3cn[nH]c3n2)cc1. The van der Waals surface area contributed by atoms with Crippen LogP contribution in [0, 0.1) is 0 Å². The zero-order chi connectivity index (χ0) is 20.9. The highest BCUT2D eigenvalue weighted by Gasteiger charge is 2.19. The molecule has 2 aromatic heterocycles. The Morgan fingerprint density at radius 2 is 2.00 bits per heavy atom. The maximum atomic E-state index is 11.9. The molecule has 3 heterocycles. The van der Waals surface area contributed by atoms with Crippen LogP contribution in [0.5, 0.6) is 0 Å². The summed E-state index contributed by atoms with van der Waals surface area (Å²) in [5.41, 5.74) is 2.17. The Bertz CT molecular complexity index is 997. The molecule has 0 aliphatic carbocycles. The number of ether oxygens (including phenoxy) is 2. The van der Waals surface area contributed by atoms with Crippen molar-refractivity contribution in [1.82, 2.24) is 25.1 Å². The van der Waals surface area contributed by atoms with Crippen LogP contribution in [0.15, 0.2) is 30.5 Å². The fraction of sp³-hybridized carbons (Fsp3) is 0.400. The van der Waals surface area contributed by atoms with Gasteiger partial charge in [-0.05, 0) is 38.4 Å². The van der Waals surface area contributed by atoms with Crippen molar-refractivity contribution in [3.63, 3.8) is 0 Å². The number of hydrogen-bond acceptors (Lipinski definition) is 8. The Labute approximate surface area is 174 Å². The Morgan fingerprint density at radius 3 is 2.73 bits per heavy atom. The number of carbonyl (C=O) groups excluding carboxylic acids is 1. The van der Waals surface area contributed by atoms with E-state index in [2.05, 4.69) is 25.4 Å². The molecule has 158 valence electrons. The van der Waals surface area contributed by atoms with Crippen LogP contribution in [-0.4, -0.2) is 84.7 Å². The van der Waals surface area contributed by atoms with Gasteiger partial charge in [0, 0.05) is 30.9 Å². The van der Waals surface area contributed by atoms with Gasteiger partial charge in [-0.15, -0.1) is 0 Å². The highest BCUT2D eigenvalue weighted by atomic mass is 16.5. The van der Waals surface area contributed by atoms with E-state index in [4.69, 9.17) is 14.5 Å². The van der Waals surface area contributed by atoms with E-state index >= 15 is 0 Å². The summed E-state index contributed by atoms with van der Waals surface area (Å²) in [5.74, 6) is 1.44. The molecule has 1 saturated heterocycles. The van der Waals surface area contributed by atoms with E-state index in [1.165, 1.54) is 0 Å². The maximum absolute atomic E-state index is 11.9. The smallest absolute Gasteiger partial charge is 0.411 e. The molecule has 10 heteroatoms. The predicted molar refractivity (Wildman–Crippen MR) is 114 cm³/mol. The van der Waals surface area contributed by atoms with Crippen LogP contribution in [0.4, 0.5) is 16.3 Å². The normalized spacial score (nSPS) is 14.3. The third kappa shape index (κ3) is 4.66. The molecular formula is C20H25N7O3. The highest BCUT2D eigenvalue weighted by Crippen LogP contribution is 2.27. The van der Waals surface area contributed by atoms with Crippen molar-refractivity contribution >= 4 is 28.6 Å². The van der Waals surface area contributed by atoms with E-state index < -0.39 is 6.09 Å². The summed E-state index contributed by atoms with van der Waals surface area (Å²) in [6.07, 6.45) is 1.27. The molecule has 4 rings (SSSR count). The zero-order valence-corrected chi connectivity index (χ0v) is 17.1. The number of aromatic nitrogens is 4. The van der Waals surface area contributed by atoms with Crippen LogP contribution in [0.25, 0.3) is 22.4 Å². The molecule has 0 bridgehead atoms. The molecule has 2 N–H and O–H groups in total. The van der Waals surface area contributed by atoms with Crippen LogP contribution in [0.3, 0.4) is 0 Å². The molecule has 1 aliphatic heterocycles. The largest absolute Gasteiger partial charge is 0.448 e. The summed E-state index contributed by atoms with van der Waals surface area (Å²) >= 11 is 0. The molecule has 1 aliphatic rings. The molecule has 0 saturated carbocycles. The van der Waals surface area contributed by atoms with Crippen LogP contribution in [0.2, 0.25) is 0 Å². The first-order valence-electron chi connectivity index (χ1n) is 9.83. The van der Waals surface area contributed by atoms with Gasteiger partial charge in [0.05, 0.1) is 24.8 Å². The van der Waals surface area contributed by atoms with E-state index in [1.54, 1.807) is 18.3 Å². The lowest BCUT2D eigenvalue weighted by atomic mass is 10.2. The van der Waals surface area contributed by atoms with E-state index in [9.17, 15) is 4.79 Å². The number of morpholine rings is 1. The molecule has 30 heavy (non-hydrogen) atoms. The minimum atomic E-state index is -0.477. The molecule has 0 radical (unpaired) electrons. The van der Waals surface area contributed by atoms with Crippen molar-refractivity contribution in [3.8, 4) is 11.4 Å². The number of rotatable bonds is 6. The van der Waals surface area contributed by atoms with E-state index in [-0.39, 0.29) is 0 Å². The van der Waals surface area contributed by atoms with Crippen molar-refractivity contribution in [2.45, 2.75) is 0 Å². The van der Waals surface area contributed by atoms with Crippen LogP contribution < -0.4 is 10.2 Å². The average molecular weight is 411 g/mol. The number of benzene rings is 1. The second-order valence-corrected chi connectivity index (χ2v) is 7.24. The molecule has 0 spiro atoms. The van der Waals surface area contributed by atoms with Gasteiger partial charge in [-0.2, -0.15) is 5.10 Å². The fourth-order valence-electron chi connectivity index (χ4n) is 3.14. The van der Waals surface area contributed by atoms with Gasteiger partial charge in [-0.25, -0.2) is 14.8 Å². The Kier molecular flexibility index (Phi) is 6.05. The van der Waals surface area contributed by atoms with Crippen LogP contribution >= 0.6 is 0 Å². The highest BCUT2D eigenvalue weighted by molar-refractivity contribution is 5.88. The number of amides is 1. The van der Waals surface area contributed by atoms with E-state index in [1.807, 2.05) is 31.1 Å². The van der Waals surface area contributed by atoms with Crippen LogP contribution in [0.1, 0.15) is 0 Å². The molecule has 1 amide bonds. The van der Waals surface area contributed by atoms with Gasteiger partial charge in [-0.1, -0.05) is 0 Å². The minimum absolute atomic E-state index is 0.333. The number of fused-ring (bicyclic) bond motifs is 1. The van der Waals surface area contributed by atoms with Gasteiger partial charge < -0.3 is 19.3 Å². The molecule has 3 aromatic rings. The Morgan fingerprint density at radius 1 is 1.23 bits per heavy atom. The van der Waals surface area contributed by atoms with Gasteiger partial charge in [0.15, 0.2) is 11.5 Å². The monoisotopic (exact) mass is 411 g/mol. The van der Waals surface area contributed by atoms with Gasteiger partial charge in [0.1, 0.15) is 12.4 Å². The second kappa shape index (κ2) is 9.06. The number of hydrogen-bond donors (Lipinski definition) is 2. The Balaban J connectivity index is 1.50. The predicted octanol–water partition coefficient (Wildman–Crippen LogP) is 1.97. The number of nitrogens with zero attached hydrogens (tertiary/aromatic N) is 5. The topological polar surface area (TPSA) is 109 Å². The molecule has 0 atom stereocenters. The summed E-state index contributed by atoms with van der Waals surface area (Å²) < 4.78 is 10.6. The molecule has 1 fully saturated rings. The third-order valence-corrected chi connectivity index (χ3v) is 4.76. The quantitative estimate of drug-likeness (QED) is 0.634. The first-order valence-corrected chi connectivity index (χ1v) is 9.83. The minimum Gasteiger partial charge on any atom is -0.448 e. The molecule has 0 unspecified atom stereocenters. The number of carbonyl (C=O) groups is 1. The third-order valence-electron chi connectivity index (χ3n) is 4.76. The van der Waals surface area contributed by atoms with Gasteiger partial charge in [0.25, 0.3) is 0 Å². The number of aromatic amines is 1. The summed E-state index contributed by atoms with van der Waals surface area (Å²) in [6, 6.07) is 7.35. The fourth-order valence-corrected chi connectivity index (χ4v) is 3.14. The van der Waals surface area contributed by atoms with Gasteiger partial charge >= 0.3 is 6.09 Å². The van der Waals surface area contributed by atoms with Crippen molar-refractivity contribution in [3.05, 3.63) is 30.5 Å². The summed E-state index contributed by atoms with van der Waals surface area (Å²) in [7, 11) is 3.85. The molecule has 10 nitrogen and oxygen atoms in total. The lowest BCUT2D eigenvalue weighted by Crippen LogP contribution is -2.37. The first-order chi connectivity index (χ1) is 14.6. The van der Waals surface area contributed by atoms with Crippen molar-refractivity contribution in [1.29, 1.82) is 0 Å². The van der Waals surface area contributed by atoms with Gasteiger partial charge in [-0.3, -0.25) is 10.4 Å². The first kappa shape index (κ1) is 20.0. The van der Waals surface area contributed by atoms with E-state index in [0.29, 0.717) is 43.5 Å². The van der Waals surface area contributed by atoms with Gasteiger partial charge in [0.2, 0.25) is 0 Å². The zero-order valence-electron chi connectivity index (χ0n) is 17.1. The Hall–Kier alpha value is -3.24. The van der Waals surface area contributed by atoms with Crippen molar-refractivity contribution < 1.29 is 14.3 Å². The average Bonchev–Trinajstić information content (AvgIpc) is 3.23. The summed E-state index contributed by atoms with van der Waals surface area (Å²) in [4.78, 5) is 25.4. The van der Waals surface area contributed by atoms with Crippen molar-refractivity contribution in [2.75, 3.05) is 63.8 Å². The number of nitrogens with one attached hydrogen (secondary N) is 2. The number of anilines is 2.